The number of aromatic nitrogens is 1. The van der Waals surface area contributed by atoms with Gasteiger partial charge in [-0.2, -0.15) is 22.0 Å². The smallest absolute Gasteiger partial charge is 0.433 e. The molecule has 0 radical (unpaired) electrons. The molecular weight excluding hydrogens is 505 g/mol. The Morgan fingerprint density at radius 1 is 1.06 bits per heavy atom. The molecule has 0 saturated heterocycles. The van der Waals surface area contributed by atoms with Gasteiger partial charge in [0.05, 0.1) is 0 Å². The Labute approximate surface area is 209 Å². The zero-order valence-electron chi connectivity index (χ0n) is 19.0. The number of carbonyl (C=O) groups is 1. The number of hydrogen-bond donors (Lipinski definition) is 2. The number of aryl methyl sites for hydroxylation is 1. The highest BCUT2D eigenvalue weighted by Crippen LogP contribution is 2.30. The van der Waals surface area contributed by atoms with Crippen molar-refractivity contribution in [2.24, 2.45) is 0 Å². The van der Waals surface area contributed by atoms with Gasteiger partial charge in [0, 0.05) is 24.3 Å². The number of benzene rings is 2. The van der Waals surface area contributed by atoms with Crippen molar-refractivity contribution in [3.8, 4) is 5.75 Å². The van der Waals surface area contributed by atoms with Crippen molar-refractivity contribution in [2.75, 3.05) is 7.05 Å². The molecule has 1 amide bonds. The van der Waals surface area contributed by atoms with Crippen LogP contribution in [0.1, 0.15) is 40.9 Å². The van der Waals surface area contributed by atoms with Crippen LogP contribution in [-0.4, -0.2) is 24.6 Å². The molecule has 3 rings (SSSR count). The average Bonchev–Trinajstić information content (AvgIpc) is 2.84. The molecule has 1 heterocycles. The summed E-state index contributed by atoms with van der Waals surface area (Å²) in [5.41, 5.74) is 0.703. The molecule has 2 atom stereocenters. The van der Waals surface area contributed by atoms with Crippen LogP contribution in [0, 0.1) is 0 Å². The molecule has 2 N–H and O–H groups in total. The lowest BCUT2D eigenvalue weighted by molar-refractivity contribution is -0.141. The fraction of sp³-hybridized carbons (Fsp3) is 0.280. The molecule has 0 aliphatic rings. The molecule has 0 aliphatic heterocycles. The highest BCUT2D eigenvalue weighted by Gasteiger charge is 2.32. The van der Waals surface area contributed by atoms with Crippen LogP contribution < -0.4 is 15.4 Å². The summed E-state index contributed by atoms with van der Waals surface area (Å²) in [6.45, 7) is -3.02. The van der Waals surface area contributed by atoms with E-state index in [2.05, 4.69) is 20.4 Å². The van der Waals surface area contributed by atoms with Crippen LogP contribution in [0.25, 0.3) is 0 Å². The number of halogens is 6. The summed E-state index contributed by atoms with van der Waals surface area (Å²) in [5.74, 6) is -0.410. The van der Waals surface area contributed by atoms with E-state index in [0.29, 0.717) is 34.6 Å². The van der Waals surface area contributed by atoms with Gasteiger partial charge in [0.15, 0.2) is 0 Å². The summed E-state index contributed by atoms with van der Waals surface area (Å²) in [7, 11) is 1.48. The first-order valence-corrected chi connectivity index (χ1v) is 11.2. The minimum atomic E-state index is -4.55. The summed E-state index contributed by atoms with van der Waals surface area (Å²) in [5, 5.41) is 6.32. The molecule has 192 valence electrons. The zero-order chi connectivity index (χ0) is 26.3. The van der Waals surface area contributed by atoms with Crippen LogP contribution in [0.4, 0.5) is 22.0 Å². The van der Waals surface area contributed by atoms with Crippen molar-refractivity contribution >= 4 is 17.5 Å². The van der Waals surface area contributed by atoms with E-state index in [4.69, 9.17) is 11.6 Å². The first-order valence-electron chi connectivity index (χ1n) is 10.9. The van der Waals surface area contributed by atoms with Gasteiger partial charge in [0.25, 0.3) is 0 Å². The second kappa shape index (κ2) is 12.1. The molecule has 2 aromatic carbocycles. The van der Waals surface area contributed by atoms with E-state index in [-0.39, 0.29) is 11.7 Å². The predicted octanol–water partition coefficient (Wildman–Crippen LogP) is 6.11. The maximum atomic E-state index is 12.8. The summed E-state index contributed by atoms with van der Waals surface area (Å²) in [6.07, 6.45) is -2.80. The van der Waals surface area contributed by atoms with Crippen molar-refractivity contribution in [1.29, 1.82) is 0 Å². The fourth-order valence-electron chi connectivity index (χ4n) is 3.63. The van der Waals surface area contributed by atoms with Crippen molar-refractivity contribution < 1.29 is 31.5 Å². The van der Waals surface area contributed by atoms with Gasteiger partial charge in [-0.25, -0.2) is 0 Å². The monoisotopic (exact) mass is 527 g/mol. The highest BCUT2D eigenvalue weighted by molar-refractivity contribution is 6.30. The number of nitrogens with one attached hydrogen (secondary N) is 2. The van der Waals surface area contributed by atoms with Crippen molar-refractivity contribution in [3.05, 3.63) is 94.3 Å². The quantitative estimate of drug-likeness (QED) is 0.312. The van der Waals surface area contributed by atoms with E-state index < -0.39 is 30.6 Å². The minimum Gasteiger partial charge on any atom is -0.435 e. The number of pyridine rings is 1. The van der Waals surface area contributed by atoms with Crippen LogP contribution in [0.5, 0.6) is 5.75 Å². The largest absolute Gasteiger partial charge is 0.435 e. The first kappa shape index (κ1) is 27.3. The van der Waals surface area contributed by atoms with Gasteiger partial charge < -0.3 is 10.1 Å². The lowest BCUT2D eigenvalue weighted by Gasteiger charge is -2.26. The first-order chi connectivity index (χ1) is 17.1. The Morgan fingerprint density at radius 2 is 1.78 bits per heavy atom. The Bertz CT molecular complexity index is 1140. The summed E-state index contributed by atoms with van der Waals surface area (Å²) < 4.78 is 68.6. The second-order valence-corrected chi connectivity index (χ2v) is 8.29. The fourth-order valence-corrected chi connectivity index (χ4v) is 3.75. The zero-order valence-corrected chi connectivity index (χ0v) is 19.8. The van der Waals surface area contributed by atoms with E-state index in [1.165, 1.54) is 25.2 Å². The number of likely N-dealkylation sites (N-methyl/N-ethyl adjacent to an activating group) is 1. The standard InChI is InChI=1S/C25H23ClF5N3O2/c1-32-23(35)22(16-7-9-18(26)10-8-16)34-20(17-3-2-4-19(13-17)36-24(27)28)11-5-15-6-12-21(33-14-15)25(29,30)31/h2-4,6-10,12-14,20,22,24,34H,5,11H2,1H3,(H,32,35)/t20-,22?/m1/s1. The van der Waals surface area contributed by atoms with Gasteiger partial charge in [-0.15, -0.1) is 0 Å². The summed E-state index contributed by atoms with van der Waals surface area (Å²) in [4.78, 5) is 16.2. The molecule has 0 saturated carbocycles. The van der Waals surface area contributed by atoms with Gasteiger partial charge in [0.2, 0.25) is 5.91 Å². The molecule has 0 spiro atoms. The molecule has 0 fully saturated rings. The second-order valence-electron chi connectivity index (χ2n) is 7.86. The predicted molar refractivity (Wildman–Crippen MR) is 125 cm³/mol. The van der Waals surface area contributed by atoms with Crippen molar-refractivity contribution in [2.45, 2.75) is 37.7 Å². The van der Waals surface area contributed by atoms with Gasteiger partial charge in [-0.1, -0.05) is 41.9 Å². The van der Waals surface area contributed by atoms with Gasteiger partial charge in [0.1, 0.15) is 17.5 Å². The van der Waals surface area contributed by atoms with E-state index in [1.54, 1.807) is 36.4 Å². The maximum absolute atomic E-state index is 12.8. The number of alkyl halides is 5. The normalized spacial score (nSPS) is 13.3. The highest BCUT2D eigenvalue weighted by atomic mass is 35.5. The lowest BCUT2D eigenvalue weighted by atomic mass is 9.96. The Hall–Kier alpha value is -3.24. The number of rotatable bonds is 10. The lowest BCUT2D eigenvalue weighted by Crippen LogP contribution is -2.38. The Kier molecular flexibility index (Phi) is 9.22. The van der Waals surface area contributed by atoms with Gasteiger partial charge in [-0.3, -0.25) is 15.1 Å². The molecule has 1 aromatic heterocycles. The topological polar surface area (TPSA) is 63.2 Å². The van der Waals surface area contributed by atoms with Gasteiger partial charge in [-0.05, 0) is 59.9 Å². The Balaban J connectivity index is 1.90. The van der Waals surface area contributed by atoms with Crippen LogP contribution in [0.3, 0.4) is 0 Å². The number of nitrogens with zero attached hydrogens (tertiary/aromatic N) is 1. The van der Waals surface area contributed by atoms with E-state index in [1.807, 2.05) is 0 Å². The minimum absolute atomic E-state index is 0.0616. The molecule has 1 unspecified atom stereocenters. The van der Waals surface area contributed by atoms with Gasteiger partial charge >= 0.3 is 12.8 Å². The van der Waals surface area contributed by atoms with Crippen LogP contribution in [0.15, 0.2) is 66.9 Å². The van der Waals surface area contributed by atoms with E-state index in [9.17, 15) is 26.7 Å². The molecule has 36 heavy (non-hydrogen) atoms. The molecule has 11 heteroatoms. The average molecular weight is 528 g/mol. The molecular formula is C25H23ClF5N3O2. The third kappa shape index (κ3) is 7.63. The summed E-state index contributed by atoms with van der Waals surface area (Å²) >= 11 is 5.97. The van der Waals surface area contributed by atoms with E-state index in [0.717, 1.165) is 12.3 Å². The number of carbonyl (C=O) groups excluding carboxylic acids is 1. The number of ether oxygens (including phenoxy) is 1. The molecule has 5 nitrogen and oxygen atoms in total. The van der Waals surface area contributed by atoms with E-state index >= 15 is 0 Å². The third-order valence-corrected chi connectivity index (χ3v) is 5.65. The molecule has 0 bridgehead atoms. The van der Waals surface area contributed by atoms with Crippen molar-refractivity contribution in [3.63, 3.8) is 0 Å². The SMILES string of the molecule is CNC(=O)C(N[C@H](CCc1ccc(C(F)(F)F)nc1)c1cccc(OC(F)F)c1)c1ccc(Cl)cc1. The van der Waals surface area contributed by atoms with Crippen LogP contribution in [0.2, 0.25) is 5.02 Å². The van der Waals surface area contributed by atoms with Crippen molar-refractivity contribution in [1.82, 2.24) is 15.6 Å². The maximum Gasteiger partial charge on any atom is 0.433 e. The number of amides is 1. The van der Waals surface area contributed by atoms with Crippen LogP contribution in [-0.2, 0) is 17.4 Å². The molecule has 0 aliphatic carbocycles. The van der Waals surface area contributed by atoms with Crippen LogP contribution >= 0.6 is 11.6 Å². The molecule has 3 aromatic rings. The summed E-state index contributed by atoms with van der Waals surface area (Å²) in [6, 6.07) is 13.5. The third-order valence-electron chi connectivity index (χ3n) is 5.40. The number of hydrogen-bond acceptors (Lipinski definition) is 4. The Morgan fingerprint density at radius 3 is 2.36 bits per heavy atom.